The van der Waals surface area contributed by atoms with Crippen LogP contribution in [0, 0.1) is 0 Å². The molecule has 2 N–H and O–H groups in total. The average Bonchev–Trinajstić information content (AvgIpc) is 2.27. The van der Waals surface area contributed by atoms with Gasteiger partial charge in [0.15, 0.2) is 11.6 Å². The summed E-state index contributed by atoms with van der Waals surface area (Å²) in [5, 5.41) is 17.7. The van der Waals surface area contributed by atoms with Crippen LogP contribution in [0.25, 0.3) is 0 Å². The Labute approximate surface area is 118 Å². The molecule has 7 heteroatoms. The van der Waals surface area contributed by atoms with Crippen molar-refractivity contribution in [3.63, 3.8) is 0 Å². The number of rotatable bonds is 5. The fourth-order valence-corrected chi connectivity index (χ4v) is 1.75. The van der Waals surface area contributed by atoms with Gasteiger partial charge in [-0.05, 0) is 18.2 Å². The van der Waals surface area contributed by atoms with Crippen molar-refractivity contribution in [2.75, 3.05) is 0 Å². The van der Waals surface area contributed by atoms with Crippen LogP contribution in [0.3, 0.4) is 0 Å². The quantitative estimate of drug-likeness (QED) is 0.377. The third-order valence-corrected chi connectivity index (χ3v) is 2.63. The van der Waals surface area contributed by atoms with Gasteiger partial charge in [0.05, 0.1) is 11.4 Å². The van der Waals surface area contributed by atoms with Gasteiger partial charge in [0.1, 0.15) is 0 Å². The zero-order valence-corrected chi connectivity index (χ0v) is 10.9. The minimum absolute atomic E-state index is 0.0942. The summed E-state index contributed by atoms with van der Waals surface area (Å²) in [6, 6.07) is 4.15. The lowest BCUT2D eigenvalue weighted by atomic mass is 10.1. The molecule has 0 spiro atoms. The molecule has 0 aliphatic rings. The number of aliphatic carboxylic acids is 1. The predicted molar refractivity (Wildman–Crippen MR) is 68.8 cm³/mol. The van der Waals surface area contributed by atoms with E-state index in [4.69, 9.17) is 33.4 Å². The van der Waals surface area contributed by atoms with Crippen molar-refractivity contribution in [1.82, 2.24) is 0 Å². The van der Waals surface area contributed by atoms with Crippen LogP contribution in [0.1, 0.15) is 16.8 Å². The highest BCUT2D eigenvalue weighted by molar-refractivity contribution is 6.37. The molecule has 0 unspecified atom stereocenters. The molecule has 1 rings (SSSR count). The molecule has 1 aromatic carbocycles. The van der Waals surface area contributed by atoms with Crippen molar-refractivity contribution in [2.45, 2.75) is 6.42 Å². The predicted octanol–water partition coefficient (Wildman–Crippen LogP) is 2.66. The van der Waals surface area contributed by atoms with Crippen molar-refractivity contribution < 1.29 is 24.6 Å². The third kappa shape index (κ3) is 4.39. The van der Waals surface area contributed by atoms with Gasteiger partial charge in [0, 0.05) is 16.7 Å². The summed E-state index contributed by atoms with van der Waals surface area (Å²) in [4.78, 5) is 33.4. The van der Waals surface area contributed by atoms with Crippen LogP contribution < -0.4 is 0 Å². The van der Waals surface area contributed by atoms with E-state index in [-0.39, 0.29) is 10.6 Å². The lowest BCUT2D eigenvalue weighted by Gasteiger charge is -2.02. The van der Waals surface area contributed by atoms with Crippen LogP contribution in [0.4, 0.5) is 0 Å². The number of halogens is 2. The Morgan fingerprint density at radius 2 is 1.79 bits per heavy atom. The second-order valence-corrected chi connectivity index (χ2v) is 4.37. The van der Waals surface area contributed by atoms with Gasteiger partial charge in [-0.15, -0.1) is 0 Å². The van der Waals surface area contributed by atoms with Gasteiger partial charge in [-0.1, -0.05) is 23.2 Å². The zero-order valence-electron chi connectivity index (χ0n) is 9.39. The number of aliphatic hydroxyl groups excluding tert-OH is 1. The lowest BCUT2D eigenvalue weighted by molar-refractivity contribution is -0.135. The number of carboxylic acid groups (broad SMARTS) is 1. The molecule has 100 valence electrons. The van der Waals surface area contributed by atoms with E-state index in [2.05, 4.69) is 0 Å². The van der Waals surface area contributed by atoms with Crippen LogP contribution in [0.2, 0.25) is 10.0 Å². The molecule has 0 amide bonds. The highest BCUT2D eigenvalue weighted by Crippen LogP contribution is 2.22. The fourth-order valence-electron chi connectivity index (χ4n) is 1.23. The smallest absolute Gasteiger partial charge is 0.371 e. The molecule has 0 bridgehead atoms. The van der Waals surface area contributed by atoms with Crippen molar-refractivity contribution >= 4 is 40.7 Å². The molecular formula is C12H8Cl2O5. The Bertz CT molecular complexity index is 577. The Balaban J connectivity index is 2.83. The topological polar surface area (TPSA) is 91.7 Å². The van der Waals surface area contributed by atoms with E-state index in [0.29, 0.717) is 11.1 Å². The van der Waals surface area contributed by atoms with E-state index in [1.54, 1.807) is 0 Å². The van der Waals surface area contributed by atoms with Gasteiger partial charge < -0.3 is 10.2 Å². The van der Waals surface area contributed by atoms with E-state index < -0.39 is 29.7 Å². The number of benzene rings is 1. The highest BCUT2D eigenvalue weighted by Gasteiger charge is 2.15. The van der Waals surface area contributed by atoms with Crippen LogP contribution in [0.15, 0.2) is 30.0 Å². The number of Topliss-reactive ketones (excluding diaryl/α,β-unsaturated/α-hetero) is 1. The van der Waals surface area contributed by atoms with Crippen LogP contribution >= 0.6 is 23.2 Å². The number of hydrogen-bond acceptors (Lipinski definition) is 4. The maximum atomic E-state index is 11.7. The molecule has 5 nitrogen and oxygen atoms in total. The van der Waals surface area contributed by atoms with E-state index in [0.717, 1.165) is 0 Å². The molecule has 0 aliphatic carbocycles. The molecule has 0 aromatic heterocycles. The standard InChI is InChI=1S/C12H8Cl2O5/c13-6-1-2-8(9(14)3-6)10(16)4-7(15)5-11(17)12(18)19/h1-3,5,17H,4H2,(H,18,19)/b11-5-. The summed E-state index contributed by atoms with van der Waals surface area (Å²) in [5.74, 6) is -4.21. The lowest BCUT2D eigenvalue weighted by Crippen LogP contribution is -2.09. The number of hydrogen-bond donors (Lipinski definition) is 2. The molecule has 0 saturated carbocycles. The molecule has 0 fully saturated rings. The minimum Gasteiger partial charge on any atom is -0.502 e. The van der Waals surface area contributed by atoms with E-state index in [1.807, 2.05) is 0 Å². The third-order valence-electron chi connectivity index (χ3n) is 2.08. The summed E-state index contributed by atoms with van der Waals surface area (Å²) in [6.45, 7) is 0. The van der Waals surface area contributed by atoms with Crippen molar-refractivity contribution in [3.05, 3.63) is 45.6 Å². The summed E-state index contributed by atoms with van der Waals surface area (Å²) < 4.78 is 0. The van der Waals surface area contributed by atoms with Crippen molar-refractivity contribution in [3.8, 4) is 0 Å². The fraction of sp³-hybridized carbons (Fsp3) is 0.0833. The first-order valence-corrected chi connectivity index (χ1v) is 5.72. The number of carbonyl (C=O) groups is 3. The number of aliphatic hydroxyl groups is 1. The summed E-state index contributed by atoms with van der Waals surface area (Å²) in [5.41, 5.74) is 0.0997. The van der Waals surface area contributed by atoms with Crippen LogP contribution in [0.5, 0.6) is 0 Å². The molecular weight excluding hydrogens is 295 g/mol. The molecule has 19 heavy (non-hydrogen) atoms. The molecule has 1 aromatic rings. The SMILES string of the molecule is O=C(/C=C(\O)C(=O)O)CC(=O)c1ccc(Cl)cc1Cl. The first-order valence-electron chi connectivity index (χ1n) is 4.96. The summed E-state index contributed by atoms with van der Waals surface area (Å²) >= 11 is 11.4. The van der Waals surface area contributed by atoms with E-state index >= 15 is 0 Å². The number of carboxylic acids is 1. The summed E-state index contributed by atoms with van der Waals surface area (Å²) in [6.07, 6.45) is -0.122. The molecule has 0 atom stereocenters. The largest absolute Gasteiger partial charge is 0.502 e. The van der Waals surface area contributed by atoms with Crippen LogP contribution in [-0.4, -0.2) is 27.7 Å². The molecule has 0 saturated heterocycles. The summed E-state index contributed by atoms with van der Waals surface area (Å²) in [7, 11) is 0. The molecule has 0 radical (unpaired) electrons. The first-order chi connectivity index (χ1) is 8.81. The second kappa shape index (κ2) is 6.36. The van der Waals surface area contributed by atoms with Crippen molar-refractivity contribution in [2.24, 2.45) is 0 Å². The van der Waals surface area contributed by atoms with Gasteiger partial charge in [0.2, 0.25) is 5.76 Å². The van der Waals surface area contributed by atoms with Gasteiger partial charge >= 0.3 is 5.97 Å². The van der Waals surface area contributed by atoms with E-state index in [9.17, 15) is 14.4 Å². The molecule has 0 aliphatic heterocycles. The number of carbonyl (C=O) groups excluding carboxylic acids is 2. The Hall–Kier alpha value is -1.85. The van der Waals surface area contributed by atoms with Gasteiger partial charge in [-0.2, -0.15) is 0 Å². The van der Waals surface area contributed by atoms with Crippen LogP contribution in [-0.2, 0) is 9.59 Å². The Kier molecular flexibility index (Phi) is 5.09. The zero-order chi connectivity index (χ0) is 14.6. The normalized spacial score (nSPS) is 11.2. The maximum absolute atomic E-state index is 11.7. The van der Waals surface area contributed by atoms with Gasteiger partial charge in [-0.25, -0.2) is 4.79 Å². The number of allylic oxidation sites excluding steroid dienone is 1. The van der Waals surface area contributed by atoms with E-state index in [1.165, 1.54) is 18.2 Å². The second-order valence-electron chi connectivity index (χ2n) is 3.53. The maximum Gasteiger partial charge on any atom is 0.371 e. The minimum atomic E-state index is -1.65. The highest BCUT2D eigenvalue weighted by atomic mass is 35.5. The van der Waals surface area contributed by atoms with Crippen molar-refractivity contribution in [1.29, 1.82) is 0 Å². The monoisotopic (exact) mass is 302 g/mol. The van der Waals surface area contributed by atoms with Gasteiger partial charge in [0.25, 0.3) is 0 Å². The average molecular weight is 303 g/mol. The van der Waals surface area contributed by atoms with Gasteiger partial charge in [-0.3, -0.25) is 9.59 Å². The number of ketones is 2. The first kappa shape index (κ1) is 15.2. The Morgan fingerprint density at radius 3 is 2.32 bits per heavy atom. The Morgan fingerprint density at radius 1 is 1.16 bits per heavy atom. The molecule has 0 heterocycles.